The maximum atomic E-state index is 11.2. The number of amides is 1. The average Bonchev–Trinajstić information content (AvgIpc) is 2.26. The van der Waals surface area contributed by atoms with Crippen LogP contribution in [0.5, 0.6) is 5.75 Å². The van der Waals surface area contributed by atoms with E-state index < -0.39 is 10.9 Å². The number of carbonyl (C=O) groups excluding carboxylic acids is 1. The molecule has 0 spiro atoms. The summed E-state index contributed by atoms with van der Waals surface area (Å²) in [5.41, 5.74) is -1.34. The Balaban J connectivity index is 2.78. The van der Waals surface area contributed by atoms with Crippen LogP contribution < -0.4 is 20.9 Å². The predicted molar refractivity (Wildman–Crippen MR) is 60.6 cm³/mol. The van der Waals surface area contributed by atoms with E-state index in [4.69, 9.17) is 4.74 Å². The van der Waals surface area contributed by atoms with Gasteiger partial charge in [0, 0.05) is 6.42 Å². The van der Waals surface area contributed by atoms with E-state index in [0.29, 0.717) is 6.61 Å². The van der Waals surface area contributed by atoms with Crippen LogP contribution >= 0.6 is 0 Å². The Labute approximate surface area is 93.1 Å². The molecule has 0 radical (unpaired) electrons. The average molecular weight is 225 g/mol. The third-order valence-electron chi connectivity index (χ3n) is 2.01. The Morgan fingerprint density at radius 3 is 2.44 bits per heavy atom. The molecule has 0 saturated heterocycles. The van der Waals surface area contributed by atoms with Crippen LogP contribution in [0.3, 0.4) is 0 Å². The molecule has 1 aromatic rings. The number of hydrogen-bond donors (Lipinski definition) is 1. The van der Waals surface area contributed by atoms with Crippen molar-refractivity contribution in [3.05, 3.63) is 20.4 Å². The smallest absolute Gasteiger partial charge is 0.272 e. The number of ether oxygens (including phenoxy) is 1. The van der Waals surface area contributed by atoms with E-state index in [1.54, 1.807) is 6.92 Å². The van der Waals surface area contributed by atoms with Gasteiger partial charge in [-0.3, -0.25) is 14.4 Å². The first-order valence-corrected chi connectivity index (χ1v) is 5.23. The monoisotopic (exact) mass is 225 g/mol. The fourth-order valence-corrected chi connectivity index (χ4v) is 1.10. The van der Waals surface area contributed by atoms with Crippen LogP contribution in [-0.2, 0) is 4.79 Å². The second-order valence-corrected chi connectivity index (χ2v) is 3.97. The summed E-state index contributed by atoms with van der Waals surface area (Å²) in [5, 5.41) is 2.37. The van der Waals surface area contributed by atoms with Gasteiger partial charge in [-0.1, -0.05) is 20.8 Å². The second kappa shape index (κ2) is 4.92. The van der Waals surface area contributed by atoms with Crippen molar-refractivity contribution in [1.82, 2.24) is 0 Å². The first kappa shape index (κ1) is 12.4. The molecule has 0 fully saturated rings. The molecule has 1 amide bonds. The van der Waals surface area contributed by atoms with Gasteiger partial charge in [-0.25, -0.2) is 0 Å². The van der Waals surface area contributed by atoms with Crippen molar-refractivity contribution in [2.75, 3.05) is 11.9 Å². The van der Waals surface area contributed by atoms with Crippen molar-refractivity contribution < 1.29 is 9.53 Å². The summed E-state index contributed by atoms with van der Waals surface area (Å²) in [6.45, 7) is 5.86. The summed E-state index contributed by atoms with van der Waals surface area (Å²) >= 11 is 0. The molecule has 0 aromatic heterocycles. The topological polar surface area (TPSA) is 72.5 Å². The Morgan fingerprint density at radius 2 is 1.94 bits per heavy atom. The maximum absolute atomic E-state index is 11.2. The van der Waals surface area contributed by atoms with E-state index in [9.17, 15) is 14.4 Å². The lowest BCUT2D eigenvalue weighted by atomic mass is 10.2. The quantitative estimate of drug-likeness (QED) is 0.747. The van der Waals surface area contributed by atoms with E-state index in [0.717, 1.165) is 0 Å². The SMILES string of the molecule is CCC(=O)Nc1c(OCC(C)C)c(=O)c1=O. The lowest BCUT2D eigenvalue weighted by Gasteiger charge is -2.14. The van der Waals surface area contributed by atoms with Crippen LogP contribution in [0.2, 0.25) is 0 Å². The van der Waals surface area contributed by atoms with Gasteiger partial charge in [-0.05, 0) is 5.92 Å². The lowest BCUT2D eigenvalue weighted by molar-refractivity contribution is -0.115. The van der Waals surface area contributed by atoms with E-state index in [1.807, 2.05) is 13.8 Å². The Bertz CT molecular complexity index is 455. The summed E-state index contributed by atoms with van der Waals surface area (Å²) in [6, 6.07) is 0. The van der Waals surface area contributed by atoms with Gasteiger partial charge in [0.05, 0.1) is 6.61 Å². The zero-order chi connectivity index (χ0) is 12.3. The number of carbonyl (C=O) groups is 1. The van der Waals surface area contributed by atoms with Crippen molar-refractivity contribution >= 4 is 11.6 Å². The van der Waals surface area contributed by atoms with Crippen molar-refractivity contribution in [3.63, 3.8) is 0 Å². The summed E-state index contributed by atoms with van der Waals surface area (Å²) in [5.74, 6) is -0.0684. The molecule has 1 N–H and O–H groups in total. The number of nitrogens with one attached hydrogen (secondary N) is 1. The molecular weight excluding hydrogens is 210 g/mol. The first-order chi connectivity index (χ1) is 7.47. The molecule has 0 aliphatic rings. The molecule has 0 saturated carbocycles. The summed E-state index contributed by atoms with van der Waals surface area (Å²) in [4.78, 5) is 33.4. The highest BCUT2D eigenvalue weighted by atomic mass is 16.5. The van der Waals surface area contributed by atoms with E-state index in [-0.39, 0.29) is 29.7 Å². The Hall–Kier alpha value is -1.65. The number of hydrogen-bond acceptors (Lipinski definition) is 4. The molecule has 1 rings (SSSR count). The van der Waals surface area contributed by atoms with Gasteiger partial charge in [0.15, 0.2) is 5.75 Å². The highest BCUT2D eigenvalue weighted by Crippen LogP contribution is 2.18. The van der Waals surface area contributed by atoms with Gasteiger partial charge in [-0.15, -0.1) is 0 Å². The number of rotatable bonds is 5. The molecule has 0 aliphatic carbocycles. The van der Waals surface area contributed by atoms with Gasteiger partial charge in [0.1, 0.15) is 5.69 Å². The van der Waals surface area contributed by atoms with Crippen molar-refractivity contribution in [2.24, 2.45) is 5.92 Å². The van der Waals surface area contributed by atoms with Gasteiger partial charge < -0.3 is 10.1 Å². The second-order valence-electron chi connectivity index (χ2n) is 3.97. The molecule has 0 atom stereocenters. The van der Waals surface area contributed by atoms with Gasteiger partial charge in [0.25, 0.3) is 10.9 Å². The first-order valence-electron chi connectivity index (χ1n) is 5.23. The lowest BCUT2D eigenvalue weighted by Crippen LogP contribution is -2.37. The third-order valence-corrected chi connectivity index (χ3v) is 2.01. The molecule has 0 aliphatic heterocycles. The fraction of sp³-hybridized carbons (Fsp3) is 0.545. The van der Waals surface area contributed by atoms with Crippen molar-refractivity contribution in [2.45, 2.75) is 27.2 Å². The standard InChI is InChI=1S/C11H15NO4/c1-4-7(13)12-8-9(14)10(15)11(8)16-5-6(2)3/h6H,4-5H2,1-3H3,(H,12,13). The summed E-state index contributed by atoms with van der Waals surface area (Å²) in [6.07, 6.45) is 0.252. The molecule has 0 unspecified atom stereocenters. The zero-order valence-corrected chi connectivity index (χ0v) is 9.62. The minimum Gasteiger partial charge on any atom is -0.487 e. The largest absolute Gasteiger partial charge is 0.487 e. The maximum Gasteiger partial charge on any atom is 0.272 e. The van der Waals surface area contributed by atoms with E-state index in [2.05, 4.69) is 5.32 Å². The highest BCUT2D eigenvalue weighted by Gasteiger charge is 2.23. The normalized spacial score (nSPS) is 10.8. The van der Waals surface area contributed by atoms with Crippen molar-refractivity contribution in [3.8, 4) is 5.75 Å². The van der Waals surface area contributed by atoms with Crippen LogP contribution in [0, 0.1) is 5.92 Å². The molecule has 88 valence electrons. The van der Waals surface area contributed by atoms with Crippen LogP contribution in [0.25, 0.3) is 0 Å². The summed E-state index contributed by atoms with van der Waals surface area (Å²) in [7, 11) is 0. The van der Waals surface area contributed by atoms with E-state index in [1.165, 1.54) is 0 Å². The van der Waals surface area contributed by atoms with Crippen molar-refractivity contribution in [1.29, 1.82) is 0 Å². The van der Waals surface area contributed by atoms with Crippen LogP contribution in [-0.4, -0.2) is 12.5 Å². The Kier molecular flexibility index (Phi) is 3.82. The molecule has 0 bridgehead atoms. The Morgan fingerprint density at radius 1 is 1.31 bits per heavy atom. The highest BCUT2D eigenvalue weighted by molar-refractivity contribution is 5.92. The number of anilines is 1. The minimum atomic E-state index is -0.680. The third kappa shape index (κ3) is 2.48. The fourth-order valence-electron chi connectivity index (χ4n) is 1.10. The van der Waals surface area contributed by atoms with Crippen LogP contribution in [0.1, 0.15) is 27.2 Å². The van der Waals surface area contributed by atoms with Gasteiger partial charge in [0.2, 0.25) is 5.91 Å². The molecule has 5 nitrogen and oxygen atoms in total. The molecule has 1 aromatic carbocycles. The van der Waals surface area contributed by atoms with Crippen LogP contribution in [0.15, 0.2) is 9.59 Å². The molecule has 16 heavy (non-hydrogen) atoms. The molecule has 5 heteroatoms. The van der Waals surface area contributed by atoms with Gasteiger partial charge >= 0.3 is 0 Å². The summed E-state index contributed by atoms with van der Waals surface area (Å²) < 4.78 is 5.17. The van der Waals surface area contributed by atoms with Crippen LogP contribution in [0.4, 0.5) is 5.69 Å². The predicted octanol–water partition coefficient (Wildman–Crippen LogP) is 0.666. The molecule has 0 heterocycles. The van der Waals surface area contributed by atoms with Gasteiger partial charge in [-0.2, -0.15) is 0 Å². The molecular formula is C11H15NO4. The minimum absolute atomic E-state index is 0.00231. The van der Waals surface area contributed by atoms with E-state index >= 15 is 0 Å². The zero-order valence-electron chi connectivity index (χ0n) is 9.62.